The second kappa shape index (κ2) is 4.08. The molecule has 2 aromatic heterocycles. The fourth-order valence-electron chi connectivity index (χ4n) is 3.25. The van der Waals surface area contributed by atoms with Gasteiger partial charge in [-0.15, -0.1) is 11.3 Å². The van der Waals surface area contributed by atoms with Crippen LogP contribution in [0.25, 0.3) is 11.3 Å². The number of H-pyrrole nitrogens is 1. The Bertz CT molecular complexity index is 576. The molecule has 5 heteroatoms. The number of aromatic nitrogens is 2. The summed E-state index contributed by atoms with van der Waals surface area (Å²) in [5.74, 6) is 1.69. The van der Waals surface area contributed by atoms with E-state index in [0.717, 1.165) is 21.4 Å². The van der Waals surface area contributed by atoms with Crippen LogP contribution in [0, 0.1) is 0 Å². The molecule has 94 valence electrons. The molecular formula is C13H14ClN3S. The fraction of sp³-hybridized carbons (Fsp3) is 0.462. The molecule has 2 aromatic rings. The molecule has 2 fully saturated rings. The summed E-state index contributed by atoms with van der Waals surface area (Å²) in [5.41, 5.74) is 2.22. The summed E-state index contributed by atoms with van der Waals surface area (Å²) in [5, 5.41) is 5.72. The van der Waals surface area contributed by atoms with Crippen LogP contribution in [0.15, 0.2) is 17.6 Å². The monoisotopic (exact) mass is 279 g/mol. The van der Waals surface area contributed by atoms with Gasteiger partial charge in [0.15, 0.2) is 0 Å². The van der Waals surface area contributed by atoms with E-state index in [0.29, 0.717) is 18.0 Å². The zero-order chi connectivity index (χ0) is 12.1. The number of nitrogens with one attached hydrogen (secondary N) is 2. The van der Waals surface area contributed by atoms with Crippen molar-refractivity contribution < 1.29 is 0 Å². The normalized spacial score (nSPS) is 30.2. The number of aromatic amines is 1. The third-order valence-electron chi connectivity index (χ3n) is 4.13. The van der Waals surface area contributed by atoms with Crippen molar-refractivity contribution in [2.75, 3.05) is 0 Å². The van der Waals surface area contributed by atoms with Crippen LogP contribution in [-0.2, 0) is 0 Å². The molecule has 4 heterocycles. The number of hydrogen-bond acceptors (Lipinski definition) is 3. The van der Waals surface area contributed by atoms with Crippen LogP contribution < -0.4 is 5.32 Å². The van der Waals surface area contributed by atoms with Gasteiger partial charge >= 0.3 is 0 Å². The van der Waals surface area contributed by atoms with Crippen LogP contribution >= 0.6 is 22.9 Å². The largest absolute Gasteiger partial charge is 0.342 e. The Morgan fingerprint density at radius 1 is 1.39 bits per heavy atom. The Labute approximate surface area is 115 Å². The predicted octanol–water partition coefficient (Wildman–Crippen LogP) is 3.40. The molecule has 0 aromatic carbocycles. The number of halogens is 1. The average molecular weight is 280 g/mol. The minimum atomic E-state index is 0.562. The molecule has 0 radical (unpaired) electrons. The highest BCUT2D eigenvalue weighted by Gasteiger charge is 2.41. The summed E-state index contributed by atoms with van der Waals surface area (Å²) in [6.07, 6.45) is 5.77. The topological polar surface area (TPSA) is 40.7 Å². The van der Waals surface area contributed by atoms with Crippen LogP contribution in [0.4, 0.5) is 0 Å². The molecule has 2 saturated heterocycles. The van der Waals surface area contributed by atoms with E-state index in [2.05, 4.69) is 20.7 Å². The lowest BCUT2D eigenvalue weighted by Crippen LogP contribution is -2.22. The maximum atomic E-state index is 5.97. The van der Waals surface area contributed by atoms with Gasteiger partial charge in [-0.2, -0.15) is 0 Å². The molecule has 2 aliphatic rings. The second-order valence-electron chi connectivity index (χ2n) is 5.21. The first kappa shape index (κ1) is 11.0. The summed E-state index contributed by atoms with van der Waals surface area (Å²) < 4.78 is 0.822. The number of hydrogen-bond donors (Lipinski definition) is 2. The summed E-state index contributed by atoms with van der Waals surface area (Å²) in [6, 6.07) is 3.33. The number of imidazole rings is 1. The molecule has 4 rings (SSSR count). The first-order valence-electron chi connectivity index (χ1n) is 6.35. The first-order valence-corrected chi connectivity index (χ1v) is 7.61. The molecule has 3 nitrogen and oxygen atoms in total. The van der Waals surface area contributed by atoms with Crippen molar-refractivity contribution in [2.45, 2.75) is 37.3 Å². The van der Waals surface area contributed by atoms with Gasteiger partial charge in [0.25, 0.3) is 0 Å². The van der Waals surface area contributed by atoms with Crippen molar-refractivity contribution in [3.05, 3.63) is 27.8 Å². The van der Waals surface area contributed by atoms with Gasteiger partial charge in [-0.25, -0.2) is 4.98 Å². The van der Waals surface area contributed by atoms with Crippen LogP contribution in [0.2, 0.25) is 4.34 Å². The Balaban J connectivity index is 1.62. The van der Waals surface area contributed by atoms with Gasteiger partial charge in [-0.3, -0.25) is 0 Å². The lowest BCUT2D eigenvalue weighted by atomic mass is 9.89. The highest BCUT2D eigenvalue weighted by molar-refractivity contribution is 7.14. The minimum absolute atomic E-state index is 0.562. The Kier molecular flexibility index (Phi) is 2.50. The quantitative estimate of drug-likeness (QED) is 0.885. The van der Waals surface area contributed by atoms with Gasteiger partial charge in [-0.1, -0.05) is 11.6 Å². The molecule has 18 heavy (non-hydrogen) atoms. The van der Waals surface area contributed by atoms with E-state index in [1.54, 1.807) is 11.3 Å². The molecule has 2 bridgehead atoms. The Hall–Kier alpha value is -0.840. The van der Waals surface area contributed by atoms with Crippen LogP contribution in [-0.4, -0.2) is 22.1 Å². The van der Waals surface area contributed by atoms with Crippen molar-refractivity contribution in [3.8, 4) is 11.3 Å². The summed E-state index contributed by atoms with van der Waals surface area (Å²) in [4.78, 5) is 8.04. The molecule has 3 atom stereocenters. The van der Waals surface area contributed by atoms with E-state index in [1.807, 2.05) is 12.3 Å². The van der Waals surface area contributed by atoms with Crippen molar-refractivity contribution in [3.63, 3.8) is 0 Å². The van der Waals surface area contributed by atoms with E-state index in [4.69, 9.17) is 11.6 Å². The van der Waals surface area contributed by atoms with Crippen LogP contribution in [0.3, 0.4) is 0 Å². The third kappa shape index (κ3) is 1.71. The smallest absolute Gasteiger partial charge is 0.111 e. The van der Waals surface area contributed by atoms with Crippen molar-refractivity contribution in [1.82, 2.24) is 15.3 Å². The Morgan fingerprint density at radius 3 is 3.00 bits per heavy atom. The zero-order valence-corrected chi connectivity index (χ0v) is 11.4. The molecule has 0 saturated carbocycles. The molecule has 3 unspecified atom stereocenters. The fourth-order valence-corrected chi connectivity index (χ4v) is 4.13. The lowest BCUT2D eigenvalue weighted by molar-refractivity contribution is 0.490. The summed E-state index contributed by atoms with van der Waals surface area (Å²) >= 11 is 7.53. The zero-order valence-electron chi connectivity index (χ0n) is 9.82. The maximum absolute atomic E-state index is 5.97. The predicted molar refractivity (Wildman–Crippen MR) is 74.2 cm³/mol. The molecule has 0 amide bonds. The van der Waals surface area contributed by atoms with Crippen molar-refractivity contribution >= 4 is 22.9 Å². The Morgan fingerprint density at radius 2 is 2.33 bits per heavy atom. The van der Waals surface area contributed by atoms with Gasteiger partial charge in [0.05, 0.1) is 16.2 Å². The highest BCUT2D eigenvalue weighted by Crippen LogP contribution is 2.39. The summed E-state index contributed by atoms with van der Waals surface area (Å²) in [7, 11) is 0. The third-order valence-corrected chi connectivity index (χ3v) is 5.22. The lowest BCUT2D eigenvalue weighted by Gasteiger charge is -2.17. The standard InChI is InChI=1S/C13H14ClN3S/c14-12-3-7(6-18-12)11-5-15-13(17-11)9-4-8-1-2-10(9)16-8/h3,5-6,8-10,16H,1-2,4H2,(H,15,17). The SMILES string of the molecule is Clc1cc(-c2cnc(C3CC4CCC3N4)[nH]2)cs1. The van der Waals surface area contributed by atoms with E-state index in [1.165, 1.54) is 19.3 Å². The van der Waals surface area contributed by atoms with E-state index < -0.39 is 0 Å². The number of fused-ring (bicyclic) bond motifs is 2. The van der Waals surface area contributed by atoms with Crippen LogP contribution in [0.5, 0.6) is 0 Å². The van der Waals surface area contributed by atoms with Crippen molar-refractivity contribution in [2.24, 2.45) is 0 Å². The minimum Gasteiger partial charge on any atom is -0.342 e. The molecule has 2 aliphatic heterocycles. The van der Waals surface area contributed by atoms with E-state index >= 15 is 0 Å². The summed E-state index contributed by atoms with van der Waals surface area (Å²) in [6.45, 7) is 0. The molecule has 2 N–H and O–H groups in total. The molecule has 0 aliphatic carbocycles. The van der Waals surface area contributed by atoms with Gasteiger partial charge < -0.3 is 10.3 Å². The van der Waals surface area contributed by atoms with E-state index in [-0.39, 0.29) is 0 Å². The van der Waals surface area contributed by atoms with Gasteiger partial charge in [-0.05, 0) is 25.3 Å². The van der Waals surface area contributed by atoms with Gasteiger partial charge in [0.1, 0.15) is 5.82 Å². The van der Waals surface area contributed by atoms with E-state index in [9.17, 15) is 0 Å². The van der Waals surface area contributed by atoms with Gasteiger partial charge in [0.2, 0.25) is 0 Å². The number of nitrogens with zero attached hydrogens (tertiary/aromatic N) is 1. The highest BCUT2D eigenvalue weighted by atomic mass is 35.5. The average Bonchev–Trinajstić information content (AvgIpc) is 3.12. The number of rotatable bonds is 2. The van der Waals surface area contributed by atoms with Gasteiger partial charge in [0, 0.05) is 28.9 Å². The van der Waals surface area contributed by atoms with Crippen LogP contribution in [0.1, 0.15) is 31.0 Å². The molecule has 0 spiro atoms. The van der Waals surface area contributed by atoms with Crippen molar-refractivity contribution in [1.29, 1.82) is 0 Å². The maximum Gasteiger partial charge on any atom is 0.111 e. The number of thiophene rings is 1. The second-order valence-corrected chi connectivity index (χ2v) is 6.75. The molecular weight excluding hydrogens is 266 g/mol. The first-order chi connectivity index (χ1) is 8.79.